The Balaban J connectivity index is 2.95. The summed E-state index contributed by atoms with van der Waals surface area (Å²) in [5.74, 6) is 0. The van der Waals surface area contributed by atoms with Crippen LogP contribution in [0.3, 0.4) is 0 Å². The second-order valence-corrected chi connectivity index (χ2v) is 4.21. The van der Waals surface area contributed by atoms with Gasteiger partial charge in [0, 0.05) is 11.7 Å². The molecule has 1 N–H and O–H groups in total. The molecule has 0 spiro atoms. The number of anilines is 1. The molecule has 1 aromatic rings. The van der Waals surface area contributed by atoms with E-state index in [1.807, 2.05) is 13.0 Å². The molecule has 0 aromatic heterocycles. The molecule has 98 valence electrons. The average molecular weight is 277 g/mol. The molecule has 0 saturated carbocycles. The minimum Gasteiger partial charge on any atom is -0.381 e. The topological polar surface area (TPSA) is 35.8 Å². The molecule has 0 aliphatic rings. The molecule has 0 saturated heterocycles. The minimum absolute atomic E-state index is 0.169. The van der Waals surface area contributed by atoms with Crippen molar-refractivity contribution in [3.63, 3.8) is 0 Å². The Kier molecular flexibility index (Phi) is 4.85. The Morgan fingerprint density at radius 1 is 1.44 bits per heavy atom. The zero-order valence-corrected chi connectivity index (χ0v) is 10.4. The number of benzene rings is 1. The first kappa shape index (κ1) is 14.7. The van der Waals surface area contributed by atoms with Crippen molar-refractivity contribution >= 4 is 17.3 Å². The number of halogens is 4. The molecule has 1 rings (SSSR count). The summed E-state index contributed by atoms with van der Waals surface area (Å²) in [5, 5.41) is 11.1. The highest BCUT2D eigenvalue weighted by Crippen LogP contribution is 2.36. The standard InChI is InChI=1S/C12H12ClF3N2/c1-2-8(5-6-17)18-9-3-4-11(13)10(7-9)12(14,15)16/h3-4,7-8,18H,2,5H2,1H3. The summed E-state index contributed by atoms with van der Waals surface area (Å²) in [4.78, 5) is 0. The van der Waals surface area contributed by atoms with Crippen LogP contribution in [0.4, 0.5) is 18.9 Å². The summed E-state index contributed by atoms with van der Waals surface area (Å²) in [6, 6.07) is 5.45. The fourth-order valence-electron chi connectivity index (χ4n) is 1.48. The van der Waals surface area contributed by atoms with Crippen molar-refractivity contribution in [1.82, 2.24) is 0 Å². The number of nitrogens with one attached hydrogen (secondary N) is 1. The van der Waals surface area contributed by atoms with E-state index in [1.165, 1.54) is 12.1 Å². The molecule has 6 heteroatoms. The third-order valence-corrected chi connectivity index (χ3v) is 2.80. The Bertz CT molecular complexity index is 452. The Morgan fingerprint density at radius 2 is 2.11 bits per heavy atom. The second-order valence-electron chi connectivity index (χ2n) is 3.80. The van der Waals surface area contributed by atoms with E-state index in [9.17, 15) is 13.2 Å². The lowest BCUT2D eigenvalue weighted by atomic mass is 10.1. The van der Waals surface area contributed by atoms with Gasteiger partial charge in [0.2, 0.25) is 0 Å². The van der Waals surface area contributed by atoms with Gasteiger partial charge in [0.25, 0.3) is 0 Å². The van der Waals surface area contributed by atoms with Gasteiger partial charge in [-0.2, -0.15) is 18.4 Å². The largest absolute Gasteiger partial charge is 0.417 e. The van der Waals surface area contributed by atoms with E-state index in [0.717, 1.165) is 6.07 Å². The highest BCUT2D eigenvalue weighted by Gasteiger charge is 2.33. The van der Waals surface area contributed by atoms with Gasteiger partial charge in [0.1, 0.15) is 0 Å². The quantitative estimate of drug-likeness (QED) is 0.881. The predicted molar refractivity (Wildman–Crippen MR) is 64.4 cm³/mol. The van der Waals surface area contributed by atoms with E-state index in [2.05, 4.69) is 5.32 Å². The molecule has 0 aliphatic carbocycles. The molecule has 2 nitrogen and oxygen atoms in total. The summed E-state index contributed by atoms with van der Waals surface area (Å²) < 4.78 is 37.9. The van der Waals surface area contributed by atoms with Crippen molar-refractivity contribution in [3.8, 4) is 6.07 Å². The molecule has 0 heterocycles. The molecule has 1 unspecified atom stereocenters. The van der Waals surface area contributed by atoms with Gasteiger partial charge in [-0.1, -0.05) is 18.5 Å². The summed E-state index contributed by atoms with van der Waals surface area (Å²) >= 11 is 5.51. The Labute approximate surface area is 108 Å². The van der Waals surface area contributed by atoms with Gasteiger partial charge in [0.15, 0.2) is 0 Å². The predicted octanol–water partition coefficient (Wildman–Crippen LogP) is 4.46. The molecule has 0 bridgehead atoms. The smallest absolute Gasteiger partial charge is 0.381 e. The fourth-order valence-corrected chi connectivity index (χ4v) is 1.70. The maximum absolute atomic E-state index is 12.6. The van der Waals surface area contributed by atoms with Gasteiger partial charge in [-0.05, 0) is 24.6 Å². The highest BCUT2D eigenvalue weighted by molar-refractivity contribution is 6.31. The first-order valence-corrected chi connectivity index (χ1v) is 5.76. The molecule has 0 aliphatic heterocycles. The lowest BCUT2D eigenvalue weighted by Gasteiger charge is -2.17. The van der Waals surface area contributed by atoms with Gasteiger partial charge in [-0.15, -0.1) is 0 Å². The van der Waals surface area contributed by atoms with Gasteiger partial charge in [-0.25, -0.2) is 0 Å². The van der Waals surface area contributed by atoms with E-state index in [4.69, 9.17) is 16.9 Å². The molecule has 1 aromatic carbocycles. The van der Waals surface area contributed by atoms with Crippen LogP contribution in [0.1, 0.15) is 25.3 Å². The summed E-state index contributed by atoms with van der Waals surface area (Å²) in [6.45, 7) is 1.86. The van der Waals surface area contributed by atoms with E-state index in [-0.39, 0.29) is 17.5 Å². The van der Waals surface area contributed by atoms with Crippen molar-refractivity contribution in [2.45, 2.75) is 32.0 Å². The Hall–Kier alpha value is -1.41. The van der Waals surface area contributed by atoms with Crippen molar-refractivity contribution in [2.24, 2.45) is 0 Å². The van der Waals surface area contributed by atoms with Gasteiger partial charge >= 0.3 is 6.18 Å². The first-order valence-electron chi connectivity index (χ1n) is 5.38. The molecule has 0 amide bonds. The van der Waals surface area contributed by atoms with Crippen LogP contribution in [-0.2, 0) is 6.18 Å². The van der Waals surface area contributed by atoms with Gasteiger partial charge < -0.3 is 5.32 Å². The number of hydrogen-bond donors (Lipinski definition) is 1. The molecular weight excluding hydrogens is 265 g/mol. The van der Waals surface area contributed by atoms with Crippen LogP contribution in [-0.4, -0.2) is 6.04 Å². The van der Waals surface area contributed by atoms with Crippen LogP contribution < -0.4 is 5.32 Å². The van der Waals surface area contributed by atoms with Gasteiger partial charge in [0.05, 0.1) is 23.1 Å². The lowest BCUT2D eigenvalue weighted by Crippen LogP contribution is -2.18. The molecule has 18 heavy (non-hydrogen) atoms. The highest BCUT2D eigenvalue weighted by atomic mass is 35.5. The zero-order valence-electron chi connectivity index (χ0n) is 9.68. The monoisotopic (exact) mass is 276 g/mol. The number of alkyl halides is 3. The zero-order chi connectivity index (χ0) is 13.8. The molecule has 0 fully saturated rings. The van der Waals surface area contributed by atoms with E-state index in [1.54, 1.807) is 0 Å². The number of nitriles is 1. The van der Waals surface area contributed by atoms with E-state index in [0.29, 0.717) is 12.1 Å². The van der Waals surface area contributed by atoms with Crippen LogP contribution in [0, 0.1) is 11.3 Å². The van der Waals surface area contributed by atoms with Crippen molar-refractivity contribution in [2.75, 3.05) is 5.32 Å². The van der Waals surface area contributed by atoms with Crippen LogP contribution in [0.15, 0.2) is 18.2 Å². The van der Waals surface area contributed by atoms with Gasteiger partial charge in [-0.3, -0.25) is 0 Å². The SMILES string of the molecule is CCC(CC#N)Nc1ccc(Cl)c(C(F)(F)F)c1. The number of nitrogens with zero attached hydrogens (tertiary/aromatic N) is 1. The molecular formula is C12H12ClF3N2. The van der Waals surface area contributed by atoms with Crippen molar-refractivity contribution < 1.29 is 13.2 Å². The number of rotatable bonds is 4. The first-order chi connectivity index (χ1) is 8.38. The maximum Gasteiger partial charge on any atom is 0.417 e. The molecule has 0 radical (unpaired) electrons. The average Bonchev–Trinajstić information content (AvgIpc) is 2.29. The van der Waals surface area contributed by atoms with Crippen LogP contribution in [0.2, 0.25) is 5.02 Å². The summed E-state index contributed by atoms with van der Waals surface area (Å²) in [7, 11) is 0. The second kappa shape index (κ2) is 5.96. The normalized spacial score (nSPS) is 12.9. The van der Waals surface area contributed by atoms with Crippen LogP contribution in [0.5, 0.6) is 0 Å². The minimum atomic E-state index is -4.48. The third kappa shape index (κ3) is 3.81. The number of hydrogen-bond acceptors (Lipinski definition) is 2. The van der Waals surface area contributed by atoms with Crippen LogP contribution in [0.25, 0.3) is 0 Å². The third-order valence-electron chi connectivity index (χ3n) is 2.47. The maximum atomic E-state index is 12.6. The van der Waals surface area contributed by atoms with E-state index >= 15 is 0 Å². The summed E-state index contributed by atoms with van der Waals surface area (Å²) in [6.07, 6.45) is -3.59. The lowest BCUT2D eigenvalue weighted by molar-refractivity contribution is -0.137. The van der Waals surface area contributed by atoms with E-state index < -0.39 is 11.7 Å². The summed E-state index contributed by atoms with van der Waals surface area (Å²) in [5.41, 5.74) is -0.560. The van der Waals surface area contributed by atoms with Crippen LogP contribution >= 0.6 is 11.6 Å². The van der Waals surface area contributed by atoms with Crippen molar-refractivity contribution in [1.29, 1.82) is 5.26 Å². The fraction of sp³-hybridized carbons (Fsp3) is 0.417. The molecule has 1 atom stereocenters. The van der Waals surface area contributed by atoms with Crippen molar-refractivity contribution in [3.05, 3.63) is 28.8 Å². The Morgan fingerprint density at radius 3 is 2.61 bits per heavy atom.